The van der Waals surface area contributed by atoms with E-state index < -0.39 is 0 Å². The van der Waals surface area contributed by atoms with E-state index in [2.05, 4.69) is 0 Å². The first-order valence-corrected chi connectivity index (χ1v) is 6.28. The fourth-order valence-corrected chi connectivity index (χ4v) is 2.25. The van der Waals surface area contributed by atoms with Gasteiger partial charge in [-0.25, -0.2) is 0 Å². The molecule has 1 saturated heterocycles. The molecule has 0 bridgehead atoms. The average Bonchev–Trinajstić information content (AvgIpc) is 2.36. The molecule has 5 nitrogen and oxygen atoms in total. The molecule has 1 fully saturated rings. The minimum Gasteiger partial charge on any atom is -0.497 e. The number of benzene rings is 1. The molecule has 2 N–H and O–H groups in total. The summed E-state index contributed by atoms with van der Waals surface area (Å²) in [6.07, 6.45) is 0. The third-order valence-corrected chi connectivity index (χ3v) is 3.30. The lowest BCUT2D eigenvalue weighted by atomic mass is 10.0. The summed E-state index contributed by atoms with van der Waals surface area (Å²) < 4.78 is 10.6. The molecule has 1 amide bonds. The molecule has 0 aliphatic carbocycles. The van der Waals surface area contributed by atoms with Crippen molar-refractivity contribution in [1.29, 1.82) is 0 Å². The van der Waals surface area contributed by atoms with Crippen LogP contribution in [0, 0.1) is 0 Å². The molecular weight excluding hydrogens is 244 g/mol. The number of nitrogens with zero attached hydrogens (tertiary/aromatic N) is 1. The second-order valence-electron chi connectivity index (χ2n) is 5.32. The molecule has 104 valence electrons. The fraction of sp³-hybridized carbons (Fsp3) is 0.500. The van der Waals surface area contributed by atoms with E-state index in [9.17, 15) is 4.79 Å². The fourth-order valence-electron chi connectivity index (χ4n) is 2.25. The Morgan fingerprint density at radius 1 is 1.42 bits per heavy atom. The molecule has 0 atom stereocenters. The maximum atomic E-state index is 12.6. The van der Waals surface area contributed by atoms with Crippen molar-refractivity contribution < 1.29 is 14.3 Å². The summed E-state index contributed by atoms with van der Waals surface area (Å²) in [6, 6.07) is 5.09. The quantitative estimate of drug-likeness (QED) is 0.823. The third-order valence-electron chi connectivity index (χ3n) is 3.30. The van der Waals surface area contributed by atoms with Crippen molar-refractivity contribution in [2.45, 2.75) is 19.4 Å². The summed E-state index contributed by atoms with van der Waals surface area (Å²) >= 11 is 0. The predicted octanol–water partition coefficient (Wildman–Crippen LogP) is 1.53. The van der Waals surface area contributed by atoms with Gasteiger partial charge in [-0.2, -0.15) is 0 Å². The van der Waals surface area contributed by atoms with Crippen LogP contribution in [0.1, 0.15) is 24.2 Å². The van der Waals surface area contributed by atoms with Gasteiger partial charge in [-0.05, 0) is 26.0 Å². The van der Waals surface area contributed by atoms with E-state index in [-0.39, 0.29) is 11.4 Å². The summed E-state index contributed by atoms with van der Waals surface area (Å²) in [7, 11) is 1.56. The van der Waals surface area contributed by atoms with E-state index in [1.54, 1.807) is 25.3 Å². The highest BCUT2D eigenvalue weighted by Crippen LogP contribution is 2.25. The van der Waals surface area contributed by atoms with E-state index in [0.717, 1.165) is 0 Å². The molecule has 0 saturated carbocycles. The molecule has 1 aliphatic rings. The van der Waals surface area contributed by atoms with Crippen molar-refractivity contribution in [2.75, 3.05) is 32.6 Å². The number of methoxy groups -OCH3 is 1. The van der Waals surface area contributed by atoms with Gasteiger partial charge in [0, 0.05) is 23.9 Å². The van der Waals surface area contributed by atoms with Gasteiger partial charge in [-0.15, -0.1) is 0 Å². The Balaban J connectivity index is 2.30. The second kappa shape index (κ2) is 5.09. The highest BCUT2D eigenvalue weighted by Gasteiger charge is 2.34. The molecule has 1 heterocycles. The molecule has 0 unspecified atom stereocenters. The normalized spacial score (nSPS) is 18.2. The number of hydrogen-bond acceptors (Lipinski definition) is 4. The zero-order chi connectivity index (χ0) is 14.0. The van der Waals surface area contributed by atoms with E-state index in [0.29, 0.717) is 36.8 Å². The Bertz CT molecular complexity index is 486. The van der Waals surface area contributed by atoms with Crippen molar-refractivity contribution in [3.8, 4) is 5.75 Å². The van der Waals surface area contributed by atoms with Gasteiger partial charge in [0.1, 0.15) is 5.75 Å². The number of nitrogens with two attached hydrogens (primary N) is 1. The van der Waals surface area contributed by atoms with Gasteiger partial charge < -0.3 is 20.1 Å². The number of rotatable bonds is 2. The standard InChI is InChI=1S/C14H20N2O3/c1-14(2)9-19-5-4-16(14)13(17)10-6-11(15)8-12(7-10)18-3/h6-8H,4-5,9,15H2,1-3H3. The van der Waals surface area contributed by atoms with E-state index >= 15 is 0 Å². The molecule has 1 aliphatic heterocycles. The van der Waals surface area contributed by atoms with Crippen LogP contribution in [0.4, 0.5) is 5.69 Å². The average molecular weight is 264 g/mol. The Hall–Kier alpha value is -1.75. The van der Waals surface area contributed by atoms with Crippen LogP contribution < -0.4 is 10.5 Å². The first-order valence-electron chi connectivity index (χ1n) is 6.28. The number of anilines is 1. The van der Waals surface area contributed by atoms with Crippen molar-refractivity contribution in [3.63, 3.8) is 0 Å². The Morgan fingerprint density at radius 2 is 2.16 bits per heavy atom. The highest BCUT2D eigenvalue weighted by molar-refractivity contribution is 5.96. The van der Waals surface area contributed by atoms with Crippen LogP contribution in [0.5, 0.6) is 5.75 Å². The third kappa shape index (κ3) is 2.81. The topological polar surface area (TPSA) is 64.8 Å². The highest BCUT2D eigenvalue weighted by atomic mass is 16.5. The SMILES string of the molecule is COc1cc(N)cc(C(=O)N2CCOCC2(C)C)c1. The number of amides is 1. The number of carbonyl (C=O) groups excluding carboxylic acids is 1. The van der Waals surface area contributed by atoms with Crippen LogP contribution in [0.15, 0.2) is 18.2 Å². The number of hydrogen-bond donors (Lipinski definition) is 1. The van der Waals surface area contributed by atoms with Crippen molar-refractivity contribution in [1.82, 2.24) is 4.90 Å². The molecule has 0 spiro atoms. The summed E-state index contributed by atoms with van der Waals surface area (Å²) in [4.78, 5) is 14.4. The van der Waals surface area contributed by atoms with Crippen LogP contribution in [0.25, 0.3) is 0 Å². The minimum atomic E-state index is -0.312. The van der Waals surface area contributed by atoms with Crippen LogP contribution in [-0.4, -0.2) is 43.2 Å². The molecule has 1 aromatic carbocycles. The first-order chi connectivity index (χ1) is 8.94. The summed E-state index contributed by atoms with van der Waals surface area (Å²) in [5.41, 5.74) is 6.55. The second-order valence-corrected chi connectivity index (χ2v) is 5.32. The Kier molecular flexibility index (Phi) is 3.66. The van der Waals surface area contributed by atoms with E-state index in [4.69, 9.17) is 15.2 Å². The first kappa shape index (κ1) is 13.7. The monoisotopic (exact) mass is 264 g/mol. The van der Waals surface area contributed by atoms with Gasteiger partial charge in [0.15, 0.2) is 0 Å². The van der Waals surface area contributed by atoms with Crippen LogP contribution in [-0.2, 0) is 4.74 Å². The molecular formula is C14H20N2O3. The van der Waals surface area contributed by atoms with Crippen molar-refractivity contribution >= 4 is 11.6 Å². The number of ether oxygens (including phenoxy) is 2. The van der Waals surface area contributed by atoms with Gasteiger partial charge in [-0.1, -0.05) is 0 Å². The molecule has 1 aromatic rings. The largest absolute Gasteiger partial charge is 0.497 e. The summed E-state index contributed by atoms with van der Waals surface area (Å²) in [5.74, 6) is 0.549. The molecule has 0 radical (unpaired) electrons. The van der Waals surface area contributed by atoms with Crippen LogP contribution in [0.3, 0.4) is 0 Å². The minimum absolute atomic E-state index is 0.0427. The Morgan fingerprint density at radius 3 is 2.79 bits per heavy atom. The molecule has 19 heavy (non-hydrogen) atoms. The Labute approximate surface area is 113 Å². The lowest BCUT2D eigenvalue weighted by molar-refractivity contribution is -0.0370. The van der Waals surface area contributed by atoms with Crippen LogP contribution in [0.2, 0.25) is 0 Å². The van der Waals surface area contributed by atoms with Gasteiger partial charge in [0.25, 0.3) is 5.91 Å². The molecule has 2 rings (SSSR count). The number of carbonyl (C=O) groups is 1. The number of morpholine rings is 1. The van der Waals surface area contributed by atoms with Gasteiger partial charge in [-0.3, -0.25) is 4.79 Å². The lowest BCUT2D eigenvalue weighted by Gasteiger charge is -2.42. The van der Waals surface area contributed by atoms with Crippen molar-refractivity contribution in [3.05, 3.63) is 23.8 Å². The van der Waals surface area contributed by atoms with Crippen molar-refractivity contribution in [2.24, 2.45) is 0 Å². The number of nitrogen functional groups attached to an aromatic ring is 1. The maximum absolute atomic E-state index is 12.6. The van der Waals surface area contributed by atoms with Gasteiger partial charge >= 0.3 is 0 Å². The van der Waals surface area contributed by atoms with Crippen LogP contribution >= 0.6 is 0 Å². The lowest BCUT2D eigenvalue weighted by Crippen LogP contribution is -2.55. The smallest absolute Gasteiger partial charge is 0.254 e. The zero-order valence-electron chi connectivity index (χ0n) is 11.6. The van der Waals surface area contributed by atoms with Gasteiger partial charge in [0.05, 0.1) is 25.9 Å². The zero-order valence-corrected chi connectivity index (χ0v) is 11.6. The van der Waals surface area contributed by atoms with Gasteiger partial charge in [0.2, 0.25) is 0 Å². The molecule has 0 aromatic heterocycles. The molecule has 5 heteroatoms. The summed E-state index contributed by atoms with van der Waals surface area (Å²) in [6.45, 7) is 5.68. The van der Waals surface area contributed by atoms with E-state index in [1.807, 2.05) is 18.7 Å². The predicted molar refractivity (Wildman–Crippen MR) is 73.3 cm³/mol. The maximum Gasteiger partial charge on any atom is 0.254 e. The van der Waals surface area contributed by atoms with E-state index in [1.165, 1.54) is 0 Å². The summed E-state index contributed by atoms with van der Waals surface area (Å²) in [5, 5.41) is 0.